The van der Waals surface area contributed by atoms with Crippen LogP contribution in [0.1, 0.15) is 91.4 Å². The van der Waals surface area contributed by atoms with Crippen LogP contribution in [0.2, 0.25) is 0 Å². The normalized spacial score (nSPS) is 17.4. The number of fused-ring (bicyclic) bond motifs is 9. The van der Waals surface area contributed by atoms with Gasteiger partial charge in [-0.25, -0.2) is 17.6 Å². The van der Waals surface area contributed by atoms with Crippen LogP contribution in [0.25, 0.3) is 53.9 Å². The largest absolute Gasteiger partial charge is 0.288 e. The molecule has 286 valence electrons. The minimum atomic E-state index is -1.03. The number of benzene rings is 6. The molecule has 11 rings (SSSR count). The van der Waals surface area contributed by atoms with Crippen molar-refractivity contribution in [1.82, 2.24) is 0 Å². The van der Waals surface area contributed by atoms with E-state index in [0.29, 0.717) is 21.5 Å². The first-order chi connectivity index (χ1) is 28.0. The summed E-state index contributed by atoms with van der Waals surface area (Å²) in [6, 6.07) is 18.5. The van der Waals surface area contributed by atoms with Crippen LogP contribution in [0.5, 0.6) is 0 Å². The predicted molar refractivity (Wildman–Crippen MR) is 223 cm³/mol. The lowest BCUT2D eigenvalue weighted by molar-refractivity contribution is 0.0973. The lowest BCUT2D eigenvalue weighted by Crippen LogP contribution is -2.17. The third kappa shape index (κ3) is 4.82. The van der Waals surface area contributed by atoms with Crippen LogP contribution in [-0.2, 0) is 10.8 Å². The number of hydrogen-bond acceptors (Lipinski definition) is 5. The molecule has 0 aliphatic heterocycles. The molecule has 0 unspecified atom stereocenters. The van der Waals surface area contributed by atoms with E-state index < -0.39 is 57.2 Å². The number of halogens is 4. The summed E-state index contributed by atoms with van der Waals surface area (Å²) in [5.74, 6) is -5.93. The van der Waals surface area contributed by atoms with Crippen molar-refractivity contribution in [3.63, 3.8) is 0 Å². The molecule has 1 aromatic heterocycles. The third-order valence-corrected chi connectivity index (χ3v) is 13.9. The summed E-state index contributed by atoms with van der Waals surface area (Å²) in [5.41, 5.74) is 5.11. The highest BCUT2D eigenvalue weighted by Crippen LogP contribution is 2.50. The van der Waals surface area contributed by atoms with Gasteiger partial charge in [-0.15, -0.1) is 11.3 Å². The van der Waals surface area contributed by atoms with E-state index in [2.05, 4.69) is 24.3 Å². The molecular weight excluding hydrogens is 773 g/mol. The fourth-order valence-corrected chi connectivity index (χ4v) is 10.5. The lowest BCUT2D eigenvalue weighted by Gasteiger charge is -2.24. The number of ketones is 4. The maximum absolute atomic E-state index is 14.0. The fraction of sp³-hybridized carbons (Fsp3) is 0.120. The van der Waals surface area contributed by atoms with Crippen LogP contribution < -0.4 is 0 Å². The number of thiophene rings is 1. The van der Waals surface area contributed by atoms with Crippen molar-refractivity contribution in [3.8, 4) is 0 Å². The minimum Gasteiger partial charge on any atom is -0.288 e. The Balaban J connectivity index is 0.940. The number of allylic oxidation sites excluding steroid dienone is 6. The summed E-state index contributed by atoms with van der Waals surface area (Å²) in [6.07, 6.45) is 7.32. The second-order valence-electron chi connectivity index (χ2n) is 16.9. The van der Waals surface area contributed by atoms with Crippen LogP contribution in [0.4, 0.5) is 17.6 Å². The van der Waals surface area contributed by atoms with E-state index in [4.69, 9.17) is 0 Å². The summed E-state index contributed by atoms with van der Waals surface area (Å²) >= 11 is 1.64. The Morgan fingerprint density at radius 2 is 0.746 bits per heavy atom. The zero-order valence-electron chi connectivity index (χ0n) is 31.8. The Morgan fingerprint density at radius 3 is 1.05 bits per heavy atom. The van der Waals surface area contributed by atoms with E-state index in [-0.39, 0.29) is 33.4 Å². The van der Waals surface area contributed by atoms with Gasteiger partial charge in [0.25, 0.3) is 0 Å². The Hall–Kier alpha value is -6.58. The van der Waals surface area contributed by atoms with Crippen molar-refractivity contribution in [2.75, 3.05) is 0 Å². The molecule has 59 heavy (non-hydrogen) atoms. The van der Waals surface area contributed by atoms with Gasteiger partial charge in [0.15, 0.2) is 46.4 Å². The molecule has 4 aliphatic carbocycles. The van der Waals surface area contributed by atoms with Crippen molar-refractivity contribution < 1.29 is 36.7 Å². The molecule has 7 aromatic rings. The second kappa shape index (κ2) is 11.5. The summed E-state index contributed by atoms with van der Waals surface area (Å²) in [6.45, 7) is 8.19. The Morgan fingerprint density at radius 1 is 0.441 bits per heavy atom. The highest BCUT2D eigenvalue weighted by molar-refractivity contribution is 7.25. The maximum atomic E-state index is 14.0. The molecule has 6 aromatic carbocycles. The summed E-state index contributed by atoms with van der Waals surface area (Å²) in [7, 11) is 0. The van der Waals surface area contributed by atoms with Crippen LogP contribution in [0.3, 0.4) is 0 Å². The Labute approximate surface area is 337 Å². The SMILES string of the molecule is CC1(C)C(C=C2C(=O)c3cc4cc(F)c(F)cc4cc3C2=O)=Cc2cc3sc4cc5c(cc4c3cc21)C(C)(C)C(C=C1C(=O)c2cc3cc(F)c(F)cc3cc2C1=O)=C5. The van der Waals surface area contributed by atoms with Gasteiger partial charge >= 0.3 is 0 Å². The molecule has 4 nitrogen and oxygen atoms in total. The van der Waals surface area contributed by atoms with E-state index in [1.165, 1.54) is 24.3 Å². The van der Waals surface area contributed by atoms with Gasteiger partial charge in [-0.05, 0) is 140 Å². The van der Waals surface area contributed by atoms with Crippen molar-refractivity contribution in [1.29, 1.82) is 0 Å². The fourth-order valence-electron chi connectivity index (χ4n) is 9.37. The summed E-state index contributed by atoms with van der Waals surface area (Å²) < 4.78 is 58.2. The first kappa shape index (κ1) is 35.6. The molecule has 9 heteroatoms. The zero-order chi connectivity index (χ0) is 41.2. The summed E-state index contributed by atoms with van der Waals surface area (Å²) in [5, 5.41) is 3.44. The van der Waals surface area contributed by atoms with Crippen LogP contribution in [-0.4, -0.2) is 23.1 Å². The summed E-state index contributed by atoms with van der Waals surface area (Å²) in [4.78, 5) is 54.6. The number of carbonyl (C=O) groups is 4. The predicted octanol–water partition coefficient (Wildman–Crippen LogP) is 12.3. The molecule has 1 heterocycles. The van der Waals surface area contributed by atoms with Gasteiger partial charge < -0.3 is 0 Å². The molecule has 0 N–H and O–H groups in total. The van der Waals surface area contributed by atoms with Crippen LogP contribution in [0, 0.1) is 23.3 Å². The molecule has 0 saturated heterocycles. The number of Topliss-reactive ketones (excluding diaryl/α,β-unsaturated/α-hetero) is 4. The van der Waals surface area contributed by atoms with E-state index in [0.717, 1.165) is 77.8 Å². The number of hydrogen-bond donors (Lipinski definition) is 0. The molecular formula is C50H28F4O4S. The third-order valence-electron chi connectivity index (χ3n) is 12.8. The zero-order valence-corrected chi connectivity index (χ0v) is 32.6. The topological polar surface area (TPSA) is 68.3 Å². The van der Waals surface area contributed by atoms with Crippen LogP contribution >= 0.6 is 11.3 Å². The lowest BCUT2D eigenvalue weighted by atomic mass is 9.79. The molecule has 0 spiro atoms. The van der Waals surface area contributed by atoms with Crippen molar-refractivity contribution >= 4 is 88.3 Å². The monoisotopic (exact) mass is 800 g/mol. The van der Waals surface area contributed by atoms with Gasteiger partial charge in [0.05, 0.1) is 11.1 Å². The average molecular weight is 801 g/mol. The van der Waals surface area contributed by atoms with Gasteiger partial charge in [-0.2, -0.15) is 0 Å². The molecule has 0 amide bonds. The molecule has 0 atom stereocenters. The standard InChI is InChI=1S/C50H28F4O4S/c1-49(2)27(17-35-45(55)31-7-21-11-39(51)40(52)12-22(21)8-32(31)46(35)56)5-25-15-43-29(19-37(25)49)30-20-38-26(16-44(30)59-43)6-28(50(38,3)4)18-36-47(57)33-9-23-13-41(53)42(54)14-24(23)10-34(33)48(36)58/h5-20H,1-4H3. The number of rotatable bonds is 2. The van der Waals surface area contributed by atoms with E-state index in [1.54, 1.807) is 23.5 Å². The Kier molecular flexibility index (Phi) is 6.96. The highest BCUT2D eigenvalue weighted by Gasteiger charge is 2.40. The molecule has 0 saturated carbocycles. The van der Waals surface area contributed by atoms with Crippen molar-refractivity contribution in [2.24, 2.45) is 0 Å². The van der Waals surface area contributed by atoms with E-state index in [1.807, 2.05) is 39.8 Å². The van der Waals surface area contributed by atoms with E-state index in [9.17, 15) is 36.7 Å². The maximum Gasteiger partial charge on any atom is 0.197 e. The van der Waals surface area contributed by atoms with Gasteiger partial charge in [0.2, 0.25) is 0 Å². The first-order valence-corrected chi connectivity index (χ1v) is 19.8. The highest BCUT2D eigenvalue weighted by atomic mass is 32.1. The quantitative estimate of drug-likeness (QED) is 0.0992. The van der Waals surface area contributed by atoms with Crippen molar-refractivity contribution in [2.45, 2.75) is 38.5 Å². The van der Waals surface area contributed by atoms with Gasteiger partial charge in [-0.1, -0.05) is 39.8 Å². The minimum absolute atomic E-state index is 0.0100. The first-order valence-electron chi connectivity index (χ1n) is 19.0. The molecule has 0 radical (unpaired) electrons. The average Bonchev–Trinajstić information content (AvgIpc) is 3.88. The van der Waals surface area contributed by atoms with E-state index >= 15 is 0 Å². The van der Waals surface area contributed by atoms with Crippen LogP contribution in [0.15, 0.2) is 107 Å². The second-order valence-corrected chi connectivity index (χ2v) is 18.0. The molecule has 0 fully saturated rings. The molecule has 0 bridgehead atoms. The smallest absolute Gasteiger partial charge is 0.197 e. The van der Waals surface area contributed by atoms with Gasteiger partial charge in [0, 0.05) is 53.3 Å². The van der Waals surface area contributed by atoms with Gasteiger partial charge in [-0.3, -0.25) is 19.2 Å². The number of carbonyl (C=O) groups excluding carboxylic acids is 4. The molecule has 4 aliphatic rings. The van der Waals surface area contributed by atoms with Crippen molar-refractivity contribution in [3.05, 3.63) is 175 Å². The van der Waals surface area contributed by atoms with Gasteiger partial charge in [0.1, 0.15) is 0 Å². The Bertz CT molecular complexity index is 3090.